The van der Waals surface area contributed by atoms with E-state index in [9.17, 15) is 0 Å². The Bertz CT molecular complexity index is 344. The van der Waals surface area contributed by atoms with Gasteiger partial charge < -0.3 is 5.73 Å². The molecule has 2 unspecified atom stereocenters. The van der Waals surface area contributed by atoms with Gasteiger partial charge in [0.05, 0.1) is 0 Å². The van der Waals surface area contributed by atoms with Crippen LogP contribution >= 0.6 is 0 Å². The second kappa shape index (κ2) is 5.65. The number of nitrogens with zero attached hydrogens (tertiary/aromatic N) is 1. The molecule has 0 aliphatic carbocycles. The van der Waals surface area contributed by atoms with Gasteiger partial charge in [0.2, 0.25) is 0 Å². The summed E-state index contributed by atoms with van der Waals surface area (Å²) in [5.41, 5.74) is 8.46. The molecule has 1 saturated heterocycles. The average molecular weight is 232 g/mol. The molecule has 0 spiro atoms. The monoisotopic (exact) mass is 232 g/mol. The van der Waals surface area contributed by atoms with Crippen LogP contribution in [-0.2, 0) is 6.54 Å². The Hall–Kier alpha value is -0.860. The van der Waals surface area contributed by atoms with Crippen LogP contribution in [-0.4, -0.2) is 24.5 Å². The smallest absolute Gasteiger partial charge is 0.0233 e. The van der Waals surface area contributed by atoms with E-state index in [1.54, 1.807) is 0 Å². The molecule has 0 amide bonds. The maximum atomic E-state index is 5.68. The van der Waals surface area contributed by atoms with Gasteiger partial charge in [-0.1, -0.05) is 38.1 Å². The van der Waals surface area contributed by atoms with Gasteiger partial charge in [-0.25, -0.2) is 0 Å². The van der Waals surface area contributed by atoms with E-state index in [0.717, 1.165) is 19.0 Å². The second-order valence-electron chi connectivity index (χ2n) is 5.51. The van der Waals surface area contributed by atoms with E-state index in [2.05, 4.69) is 43.0 Å². The third kappa shape index (κ3) is 3.30. The van der Waals surface area contributed by atoms with Crippen molar-refractivity contribution in [2.45, 2.75) is 32.7 Å². The van der Waals surface area contributed by atoms with Crippen molar-refractivity contribution in [1.29, 1.82) is 0 Å². The van der Waals surface area contributed by atoms with E-state index in [1.807, 2.05) is 0 Å². The standard InChI is InChI=1S/C15H24N2/c1-12-7-8-17(10-12)11-14-3-5-15(6-4-14)13(2)9-16/h3-6,12-13H,7-11,16H2,1-2H3. The van der Waals surface area contributed by atoms with Gasteiger partial charge in [0, 0.05) is 13.1 Å². The van der Waals surface area contributed by atoms with E-state index in [0.29, 0.717) is 5.92 Å². The van der Waals surface area contributed by atoms with Crippen LogP contribution in [0.5, 0.6) is 0 Å². The van der Waals surface area contributed by atoms with Gasteiger partial charge in [-0.15, -0.1) is 0 Å². The van der Waals surface area contributed by atoms with Crippen molar-refractivity contribution in [2.75, 3.05) is 19.6 Å². The summed E-state index contributed by atoms with van der Waals surface area (Å²) in [7, 11) is 0. The summed E-state index contributed by atoms with van der Waals surface area (Å²) in [5.74, 6) is 1.34. The topological polar surface area (TPSA) is 29.3 Å². The zero-order chi connectivity index (χ0) is 12.3. The van der Waals surface area contributed by atoms with Crippen molar-refractivity contribution < 1.29 is 0 Å². The molecule has 2 nitrogen and oxygen atoms in total. The minimum Gasteiger partial charge on any atom is -0.330 e. The molecule has 0 saturated carbocycles. The fourth-order valence-corrected chi connectivity index (χ4v) is 2.52. The van der Waals surface area contributed by atoms with Gasteiger partial charge >= 0.3 is 0 Å². The highest BCUT2D eigenvalue weighted by Crippen LogP contribution is 2.19. The molecule has 94 valence electrons. The summed E-state index contributed by atoms with van der Waals surface area (Å²) in [6, 6.07) is 8.97. The maximum absolute atomic E-state index is 5.68. The second-order valence-corrected chi connectivity index (χ2v) is 5.51. The van der Waals surface area contributed by atoms with Crippen LogP contribution in [0, 0.1) is 5.92 Å². The molecular formula is C15H24N2. The highest BCUT2D eigenvalue weighted by Gasteiger charge is 2.18. The van der Waals surface area contributed by atoms with Crippen molar-refractivity contribution in [3.05, 3.63) is 35.4 Å². The summed E-state index contributed by atoms with van der Waals surface area (Å²) in [6.45, 7) is 8.84. The quantitative estimate of drug-likeness (QED) is 0.864. The molecule has 1 fully saturated rings. The minimum atomic E-state index is 0.468. The average Bonchev–Trinajstić information content (AvgIpc) is 2.75. The molecule has 2 atom stereocenters. The van der Waals surface area contributed by atoms with Crippen molar-refractivity contribution in [2.24, 2.45) is 11.7 Å². The van der Waals surface area contributed by atoms with Crippen LogP contribution in [0.15, 0.2) is 24.3 Å². The number of likely N-dealkylation sites (tertiary alicyclic amines) is 1. The highest BCUT2D eigenvalue weighted by molar-refractivity contribution is 5.25. The molecule has 1 aliphatic heterocycles. The Labute approximate surface area is 105 Å². The zero-order valence-corrected chi connectivity index (χ0v) is 11.0. The summed E-state index contributed by atoms with van der Waals surface area (Å²) in [6.07, 6.45) is 1.35. The van der Waals surface area contributed by atoms with Crippen LogP contribution in [0.25, 0.3) is 0 Å². The molecule has 0 radical (unpaired) electrons. The molecular weight excluding hydrogens is 208 g/mol. The fraction of sp³-hybridized carbons (Fsp3) is 0.600. The first-order valence-corrected chi connectivity index (χ1v) is 6.70. The molecule has 1 heterocycles. The molecule has 2 heteroatoms. The first-order valence-electron chi connectivity index (χ1n) is 6.70. The number of hydrogen-bond donors (Lipinski definition) is 1. The van der Waals surface area contributed by atoms with Gasteiger partial charge in [0.25, 0.3) is 0 Å². The Balaban J connectivity index is 1.94. The molecule has 0 aromatic heterocycles. The van der Waals surface area contributed by atoms with Crippen molar-refractivity contribution in [3.8, 4) is 0 Å². The fourth-order valence-electron chi connectivity index (χ4n) is 2.52. The minimum absolute atomic E-state index is 0.468. The van der Waals surface area contributed by atoms with Crippen LogP contribution < -0.4 is 5.73 Å². The Kier molecular flexibility index (Phi) is 4.19. The number of nitrogens with two attached hydrogens (primary N) is 1. The van der Waals surface area contributed by atoms with E-state index < -0.39 is 0 Å². The SMILES string of the molecule is CC1CCN(Cc2ccc(C(C)CN)cc2)C1. The number of benzene rings is 1. The maximum Gasteiger partial charge on any atom is 0.0233 e. The Morgan fingerprint density at radius 2 is 2.06 bits per heavy atom. The predicted octanol–water partition coefficient (Wildman–Crippen LogP) is 2.59. The lowest BCUT2D eigenvalue weighted by molar-refractivity contribution is 0.320. The normalized spacial score (nSPS) is 22.9. The van der Waals surface area contributed by atoms with Gasteiger partial charge in [0.1, 0.15) is 0 Å². The molecule has 2 N–H and O–H groups in total. The lowest BCUT2D eigenvalue weighted by Gasteiger charge is -2.16. The molecule has 2 rings (SSSR count). The highest BCUT2D eigenvalue weighted by atomic mass is 15.1. The predicted molar refractivity (Wildman–Crippen MR) is 73.0 cm³/mol. The van der Waals surface area contributed by atoms with Crippen molar-refractivity contribution >= 4 is 0 Å². The number of hydrogen-bond acceptors (Lipinski definition) is 2. The number of rotatable bonds is 4. The summed E-state index contributed by atoms with van der Waals surface area (Å²) >= 11 is 0. The van der Waals surface area contributed by atoms with Gasteiger partial charge in [-0.3, -0.25) is 4.90 Å². The largest absolute Gasteiger partial charge is 0.330 e. The first kappa shape index (κ1) is 12.6. The lowest BCUT2D eigenvalue weighted by atomic mass is 10.00. The zero-order valence-electron chi connectivity index (χ0n) is 11.0. The molecule has 1 aromatic carbocycles. The van der Waals surface area contributed by atoms with E-state index >= 15 is 0 Å². The summed E-state index contributed by atoms with van der Waals surface area (Å²) in [4.78, 5) is 2.55. The molecule has 1 aliphatic rings. The van der Waals surface area contributed by atoms with Crippen molar-refractivity contribution in [3.63, 3.8) is 0 Å². The Morgan fingerprint density at radius 1 is 1.35 bits per heavy atom. The van der Waals surface area contributed by atoms with Gasteiger partial charge in [0.15, 0.2) is 0 Å². The van der Waals surface area contributed by atoms with E-state index in [1.165, 1.54) is 30.6 Å². The summed E-state index contributed by atoms with van der Waals surface area (Å²) in [5, 5.41) is 0. The first-order chi connectivity index (χ1) is 8.19. The van der Waals surface area contributed by atoms with E-state index in [-0.39, 0.29) is 0 Å². The third-order valence-electron chi connectivity index (χ3n) is 3.82. The van der Waals surface area contributed by atoms with Gasteiger partial charge in [-0.2, -0.15) is 0 Å². The van der Waals surface area contributed by atoms with Crippen LogP contribution in [0.1, 0.15) is 37.3 Å². The van der Waals surface area contributed by atoms with Crippen LogP contribution in [0.2, 0.25) is 0 Å². The van der Waals surface area contributed by atoms with Crippen molar-refractivity contribution in [1.82, 2.24) is 4.90 Å². The Morgan fingerprint density at radius 3 is 2.59 bits per heavy atom. The molecule has 0 bridgehead atoms. The molecule has 1 aromatic rings. The van der Waals surface area contributed by atoms with Gasteiger partial charge in [-0.05, 0) is 42.5 Å². The molecule has 17 heavy (non-hydrogen) atoms. The lowest BCUT2D eigenvalue weighted by Crippen LogP contribution is -2.19. The summed E-state index contributed by atoms with van der Waals surface area (Å²) < 4.78 is 0. The van der Waals surface area contributed by atoms with E-state index in [4.69, 9.17) is 5.73 Å². The van der Waals surface area contributed by atoms with Crippen LogP contribution in [0.3, 0.4) is 0 Å². The van der Waals surface area contributed by atoms with Crippen LogP contribution in [0.4, 0.5) is 0 Å². The third-order valence-corrected chi connectivity index (χ3v) is 3.82.